The molecule has 2 aromatic rings. The van der Waals surface area contributed by atoms with Crippen molar-refractivity contribution in [3.63, 3.8) is 0 Å². The molecule has 0 aromatic carbocycles. The van der Waals surface area contributed by atoms with Gasteiger partial charge in [0.2, 0.25) is 0 Å². The number of rotatable bonds is 1. The Morgan fingerprint density at radius 3 is 2.57 bits per heavy atom. The SMILES string of the molecule is Cn1nc(-c2cc(Br)c(Br)s2)cc1N. The lowest BCUT2D eigenvalue weighted by atomic mass is 10.3. The second-order valence-electron chi connectivity index (χ2n) is 2.81. The van der Waals surface area contributed by atoms with Gasteiger partial charge in [-0.15, -0.1) is 11.3 Å². The highest BCUT2D eigenvalue weighted by Gasteiger charge is 2.10. The molecule has 0 aliphatic heterocycles. The van der Waals surface area contributed by atoms with Crippen molar-refractivity contribution in [1.82, 2.24) is 9.78 Å². The molecular weight excluding hydrogens is 330 g/mol. The Bertz CT molecular complexity index is 392. The van der Waals surface area contributed by atoms with Crippen molar-refractivity contribution in [3.8, 4) is 10.6 Å². The number of halogens is 2. The van der Waals surface area contributed by atoms with Crippen molar-refractivity contribution in [2.24, 2.45) is 7.05 Å². The van der Waals surface area contributed by atoms with Gasteiger partial charge < -0.3 is 5.73 Å². The number of aryl methyl sites for hydroxylation is 1. The third-order valence-corrected chi connectivity index (χ3v) is 5.09. The Morgan fingerprint density at radius 1 is 1.43 bits per heavy atom. The van der Waals surface area contributed by atoms with Gasteiger partial charge in [0, 0.05) is 17.6 Å². The molecule has 2 aromatic heterocycles. The van der Waals surface area contributed by atoms with Gasteiger partial charge >= 0.3 is 0 Å². The highest BCUT2D eigenvalue weighted by Crippen LogP contribution is 2.37. The summed E-state index contributed by atoms with van der Waals surface area (Å²) in [5.74, 6) is 0.667. The van der Waals surface area contributed by atoms with E-state index in [4.69, 9.17) is 5.73 Å². The molecule has 0 atom stereocenters. The Hall–Kier alpha value is -0.330. The van der Waals surface area contributed by atoms with Gasteiger partial charge in [-0.05, 0) is 37.9 Å². The fourth-order valence-electron chi connectivity index (χ4n) is 1.07. The van der Waals surface area contributed by atoms with Gasteiger partial charge in [0.15, 0.2) is 0 Å². The molecule has 6 heteroatoms. The van der Waals surface area contributed by atoms with E-state index in [1.54, 1.807) is 16.0 Å². The first-order valence-electron chi connectivity index (χ1n) is 3.82. The molecule has 0 saturated heterocycles. The molecule has 0 aliphatic carbocycles. The van der Waals surface area contributed by atoms with Crippen LogP contribution in [0.3, 0.4) is 0 Å². The van der Waals surface area contributed by atoms with Crippen LogP contribution in [0.4, 0.5) is 5.82 Å². The van der Waals surface area contributed by atoms with Crippen molar-refractivity contribution < 1.29 is 0 Å². The molecule has 0 radical (unpaired) electrons. The zero-order valence-electron chi connectivity index (χ0n) is 7.29. The molecule has 2 heterocycles. The summed E-state index contributed by atoms with van der Waals surface area (Å²) in [5, 5.41) is 4.30. The molecule has 2 rings (SSSR count). The Kier molecular flexibility index (Phi) is 2.68. The van der Waals surface area contributed by atoms with Crippen LogP contribution in [0.5, 0.6) is 0 Å². The van der Waals surface area contributed by atoms with Crippen molar-refractivity contribution >= 4 is 49.0 Å². The maximum absolute atomic E-state index is 5.70. The average Bonchev–Trinajstić information content (AvgIpc) is 2.60. The number of aromatic nitrogens is 2. The summed E-state index contributed by atoms with van der Waals surface area (Å²) >= 11 is 8.51. The number of nitrogen functional groups attached to an aromatic ring is 1. The maximum atomic E-state index is 5.70. The van der Waals surface area contributed by atoms with Crippen LogP contribution in [0.25, 0.3) is 10.6 Å². The molecule has 0 amide bonds. The summed E-state index contributed by atoms with van der Waals surface area (Å²) in [6, 6.07) is 3.89. The summed E-state index contributed by atoms with van der Waals surface area (Å²) in [4.78, 5) is 1.09. The molecule has 0 bridgehead atoms. The van der Waals surface area contributed by atoms with E-state index in [1.807, 2.05) is 19.2 Å². The standard InChI is InChI=1S/C8H7Br2N3S/c1-13-7(11)3-5(12-13)6-2-4(9)8(10)14-6/h2-3H,11H2,1H3. The lowest BCUT2D eigenvalue weighted by Crippen LogP contribution is -1.96. The number of nitrogens with two attached hydrogens (primary N) is 1. The highest BCUT2D eigenvalue weighted by molar-refractivity contribution is 9.13. The monoisotopic (exact) mass is 335 g/mol. The first kappa shape index (κ1) is 10.2. The van der Waals surface area contributed by atoms with Gasteiger partial charge in [-0.3, -0.25) is 4.68 Å². The van der Waals surface area contributed by atoms with Gasteiger partial charge in [-0.1, -0.05) is 0 Å². The molecule has 0 spiro atoms. The van der Waals surface area contributed by atoms with E-state index in [0.717, 1.165) is 18.8 Å². The van der Waals surface area contributed by atoms with Crippen LogP contribution in [-0.2, 0) is 7.05 Å². The lowest BCUT2D eigenvalue weighted by molar-refractivity contribution is 0.783. The predicted molar refractivity (Wildman–Crippen MR) is 66.3 cm³/mol. The Labute approximate surface area is 102 Å². The largest absolute Gasteiger partial charge is 0.384 e. The molecule has 2 N–H and O–H groups in total. The molecule has 14 heavy (non-hydrogen) atoms. The number of anilines is 1. The van der Waals surface area contributed by atoms with Gasteiger partial charge in [0.1, 0.15) is 11.5 Å². The van der Waals surface area contributed by atoms with Crippen LogP contribution in [0.2, 0.25) is 0 Å². The minimum atomic E-state index is 0.667. The first-order valence-corrected chi connectivity index (χ1v) is 6.23. The van der Waals surface area contributed by atoms with Crippen molar-refractivity contribution in [2.45, 2.75) is 0 Å². The van der Waals surface area contributed by atoms with Crippen LogP contribution in [0.1, 0.15) is 0 Å². The fourth-order valence-corrected chi connectivity index (χ4v) is 3.07. The molecule has 0 fully saturated rings. The topological polar surface area (TPSA) is 43.8 Å². The normalized spacial score (nSPS) is 10.8. The molecule has 0 aliphatic rings. The van der Waals surface area contributed by atoms with Crippen molar-refractivity contribution in [1.29, 1.82) is 0 Å². The van der Waals surface area contributed by atoms with Gasteiger partial charge in [0.05, 0.1) is 8.66 Å². The maximum Gasteiger partial charge on any atom is 0.121 e. The van der Waals surface area contributed by atoms with Crippen LogP contribution < -0.4 is 5.73 Å². The van der Waals surface area contributed by atoms with E-state index in [1.165, 1.54) is 0 Å². The highest BCUT2D eigenvalue weighted by atomic mass is 79.9. The summed E-state index contributed by atoms with van der Waals surface area (Å²) in [7, 11) is 1.83. The van der Waals surface area contributed by atoms with Gasteiger partial charge in [-0.25, -0.2) is 0 Å². The summed E-state index contributed by atoms with van der Waals surface area (Å²) in [5.41, 5.74) is 6.61. The predicted octanol–water partition coefficient (Wildman–Crippen LogP) is 3.26. The second kappa shape index (κ2) is 3.67. The van der Waals surface area contributed by atoms with Crippen molar-refractivity contribution in [3.05, 3.63) is 20.4 Å². The lowest BCUT2D eigenvalue weighted by Gasteiger charge is -1.89. The first-order chi connectivity index (χ1) is 6.58. The minimum Gasteiger partial charge on any atom is -0.384 e. The van der Waals surface area contributed by atoms with Crippen molar-refractivity contribution in [2.75, 3.05) is 5.73 Å². The third-order valence-electron chi connectivity index (χ3n) is 1.81. The minimum absolute atomic E-state index is 0.667. The molecule has 3 nitrogen and oxygen atoms in total. The summed E-state index contributed by atoms with van der Waals surface area (Å²) < 4.78 is 3.77. The zero-order valence-corrected chi connectivity index (χ0v) is 11.3. The summed E-state index contributed by atoms with van der Waals surface area (Å²) in [6.45, 7) is 0. The van der Waals surface area contributed by atoms with E-state index < -0.39 is 0 Å². The number of nitrogens with zero attached hydrogens (tertiary/aromatic N) is 2. The fraction of sp³-hybridized carbons (Fsp3) is 0.125. The van der Waals surface area contributed by atoms with Crippen LogP contribution in [-0.4, -0.2) is 9.78 Å². The molecular formula is C8H7Br2N3S. The zero-order chi connectivity index (χ0) is 10.3. The second-order valence-corrected chi connectivity index (χ2v) is 6.03. The number of hydrogen-bond donors (Lipinski definition) is 1. The number of hydrogen-bond acceptors (Lipinski definition) is 3. The third kappa shape index (κ3) is 1.74. The smallest absolute Gasteiger partial charge is 0.121 e. The van der Waals surface area contributed by atoms with Crippen LogP contribution in [0.15, 0.2) is 20.4 Å². The van der Waals surface area contributed by atoms with E-state index in [2.05, 4.69) is 37.0 Å². The van der Waals surface area contributed by atoms with E-state index in [-0.39, 0.29) is 0 Å². The van der Waals surface area contributed by atoms with Crippen LogP contribution >= 0.6 is 43.2 Å². The van der Waals surface area contributed by atoms with E-state index in [0.29, 0.717) is 5.82 Å². The summed E-state index contributed by atoms with van der Waals surface area (Å²) in [6.07, 6.45) is 0. The van der Waals surface area contributed by atoms with Gasteiger partial charge in [-0.2, -0.15) is 5.10 Å². The van der Waals surface area contributed by atoms with Crippen LogP contribution in [0, 0.1) is 0 Å². The Balaban J connectivity index is 2.49. The average molecular weight is 337 g/mol. The number of thiophene rings is 1. The molecule has 74 valence electrons. The Morgan fingerprint density at radius 2 is 2.14 bits per heavy atom. The molecule has 0 saturated carbocycles. The van der Waals surface area contributed by atoms with E-state index in [9.17, 15) is 0 Å². The van der Waals surface area contributed by atoms with E-state index >= 15 is 0 Å². The molecule has 0 unspecified atom stereocenters. The van der Waals surface area contributed by atoms with Gasteiger partial charge in [0.25, 0.3) is 0 Å². The quantitative estimate of drug-likeness (QED) is 0.868.